The van der Waals surface area contributed by atoms with Crippen molar-refractivity contribution in [1.29, 1.82) is 0 Å². The number of nitrogens with zero attached hydrogens (tertiary/aromatic N) is 1. The van der Waals surface area contributed by atoms with Gasteiger partial charge in [0.05, 0.1) is 0 Å². The van der Waals surface area contributed by atoms with Crippen molar-refractivity contribution in [3.05, 3.63) is 35.9 Å². The van der Waals surface area contributed by atoms with Crippen LogP contribution in [0.4, 0.5) is 0 Å². The molecule has 1 aromatic rings. The van der Waals surface area contributed by atoms with Gasteiger partial charge < -0.3 is 10.2 Å². The van der Waals surface area contributed by atoms with Crippen molar-refractivity contribution in [2.75, 3.05) is 6.54 Å². The standard InChI is InChI=1S/C17H22N2O2/c1-12-17(21)19(11-13-7-5-6-8-13)15(16(20)18-12)14-9-3-2-4-10-14/h2-4,9-10,12-13,15H,5-8,11H2,1H3,(H,18,20). The Labute approximate surface area is 125 Å². The van der Waals surface area contributed by atoms with E-state index >= 15 is 0 Å². The molecule has 2 fully saturated rings. The van der Waals surface area contributed by atoms with E-state index in [0.29, 0.717) is 12.5 Å². The van der Waals surface area contributed by atoms with Gasteiger partial charge in [-0.25, -0.2) is 0 Å². The summed E-state index contributed by atoms with van der Waals surface area (Å²) in [5, 5.41) is 2.80. The van der Waals surface area contributed by atoms with Crippen LogP contribution >= 0.6 is 0 Å². The van der Waals surface area contributed by atoms with Crippen molar-refractivity contribution >= 4 is 11.8 Å². The molecule has 1 aliphatic carbocycles. The maximum absolute atomic E-state index is 12.6. The molecule has 21 heavy (non-hydrogen) atoms. The van der Waals surface area contributed by atoms with E-state index in [9.17, 15) is 9.59 Å². The number of amides is 2. The molecule has 4 heteroatoms. The first kappa shape index (κ1) is 14.1. The number of hydrogen-bond donors (Lipinski definition) is 1. The number of hydrogen-bond acceptors (Lipinski definition) is 2. The molecule has 1 saturated heterocycles. The van der Waals surface area contributed by atoms with Crippen LogP contribution in [0.3, 0.4) is 0 Å². The Morgan fingerprint density at radius 2 is 1.81 bits per heavy atom. The second-order valence-corrected chi connectivity index (χ2v) is 6.18. The highest BCUT2D eigenvalue weighted by Gasteiger charge is 2.40. The topological polar surface area (TPSA) is 49.4 Å². The highest BCUT2D eigenvalue weighted by molar-refractivity contribution is 5.97. The summed E-state index contributed by atoms with van der Waals surface area (Å²) in [5.41, 5.74) is 0.897. The molecule has 112 valence electrons. The first-order valence-corrected chi connectivity index (χ1v) is 7.82. The summed E-state index contributed by atoms with van der Waals surface area (Å²) in [6.07, 6.45) is 4.82. The predicted octanol–water partition coefficient (Wildman–Crippen LogP) is 2.26. The Kier molecular flexibility index (Phi) is 3.95. The van der Waals surface area contributed by atoms with Gasteiger partial charge in [-0.1, -0.05) is 43.2 Å². The first-order valence-electron chi connectivity index (χ1n) is 7.82. The van der Waals surface area contributed by atoms with Gasteiger partial charge in [0.25, 0.3) is 0 Å². The molecular weight excluding hydrogens is 264 g/mol. The SMILES string of the molecule is CC1NC(=O)C(c2ccccc2)N(CC2CCCC2)C1=O. The number of piperazine rings is 1. The summed E-state index contributed by atoms with van der Waals surface area (Å²) in [6.45, 7) is 2.47. The summed E-state index contributed by atoms with van der Waals surface area (Å²) in [4.78, 5) is 26.8. The zero-order chi connectivity index (χ0) is 14.8. The number of carbonyl (C=O) groups is 2. The molecule has 1 aromatic carbocycles. The van der Waals surface area contributed by atoms with E-state index < -0.39 is 12.1 Å². The number of rotatable bonds is 3. The van der Waals surface area contributed by atoms with Gasteiger partial charge in [-0.15, -0.1) is 0 Å². The third-order valence-corrected chi connectivity index (χ3v) is 4.62. The average Bonchev–Trinajstić information content (AvgIpc) is 2.98. The van der Waals surface area contributed by atoms with Crippen LogP contribution in [0.2, 0.25) is 0 Å². The van der Waals surface area contributed by atoms with Gasteiger partial charge in [-0.2, -0.15) is 0 Å². The molecular formula is C17H22N2O2. The minimum absolute atomic E-state index is 0.0374. The molecule has 4 nitrogen and oxygen atoms in total. The minimum atomic E-state index is -0.476. The molecule has 1 aliphatic heterocycles. The van der Waals surface area contributed by atoms with E-state index in [0.717, 1.165) is 5.56 Å². The lowest BCUT2D eigenvalue weighted by Crippen LogP contribution is -2.59. The van der Waals surface area contributed by atoms with Crippen LogP contribution in [0.1, 0.15) is 44.2 Å². The Morgan fingerprint density at radius 3 is 2.48 bits per heavy atom. The highest BCUT2D eigenvalue weighted by Crippen LogP contribution is 2.31. The van der Waals surface area contributed by atoms with Crippen molar-refractivity contribution in [3.8, 4) is 0 Å². The number of benzene rings is 1. The molecule has 0 bridgehead atoms. The average molecular weight is 286 g/mol. The molecule has 0 radical (unpaired) electrons. The van der Waals surface area contributed by atoms with Crippen LogP contribution in [-0.2, 0) is 9.59 Å². The van der Waals surface area contributed by atoms with E-state index in [2.05, 4.69) is 5.32 Å². The van der Waals surface area contributed by atoms with Gasteiger partial charge in [0.1, 0.15) is 12.1 Å². The zero-order valence-corrected chi connectivity index (χ0v) is 12.4. The quantitative estimate of drug-likeness (QED) is 0.926. The molecule has 3 rings (SSSR count). The molecule has 2 aliphatic rings. The lowest BCUT2D eigenvalue weighted by molar-refractivity contribution is -0.149. The Bertz CT molecular complexity index is 523. The molecule has 1 heterocycles. The van der Waals surface area contributed by atoms with E-state index in [4.69, 9.17) is 0 Å². The van der Waals surface area contributed by atoms with Gasteiger partial charge >= 0.3 is 0 Å². The van der Waals surface area contributed by atoms with Crippen LogP contribution < -0.4 is 5.32 Å². The maximum Gasteiger partial charge on any atom is 0.248 e. The van der Waals surface area contributed by atoms with Crippen molar-refractivity contribution in [2.45, 2.75) is 44.7 Å². The van der Waals surface area contributed by atoms with Crippen molar-refractivity contribution < 1.29 is 9.59 Å². The fraction of sp³-hybridized carbons (Fsp3) is 0.529. The molecule has 0 spiro atoms. The van der Waals surface area contributed by atoms with Crippen LogP contribution in [0, 0.1) is 5.92 Å². The van der Waals surface area contributed by atoms with Crippen molar-refractivity contribution in [2.24, 2.45) is 5.92 Å². The second-order valence-electron chi connectivity index (χ2n) is 6.18. The Balaban J connectivity index is 1.88. The fourth-order valence-electron chi connectivity index (χ4n) is 3.50. The summed E-state index contributed by atoms with van der Waals surface area (Å²) in [6, 6.07) is 8.72. The van der Waals surface area contributed by atoms with Crippen molar-refractivity contribution in [3.63, 3.8) is 0 Å². The maximum atomic E-state index is 12.6. The van der Waals surface area contributed by atoms with Gasteiger partial charge in [0.15, 0.2) is 0 Å². The van der Waals surface area contributed by atoms with E-state index in [-0.39, 0.29) is 11.8 Å². The van der Waals surface area contributed by atoms with Crippen LogP contribution in [-0.4, -0.2) is 29.3 Å². The van der Waals surface area contributed by atoms with E-state index in [1.165, 1.54) is 25.7 Å². The molecule has 2 unspecified atom stereocenters. The number of nitrogens with one attached hydrogen (secondary N) is 1. The van der Waals surface area contributed by atoms with Gasteiger partial charge in [-0.05, 0) is 31.2 Å². The minimum Gasteiger partial charge on any atom is -0.342 e. The van der Waals surface area contributed by atoms with Gasteiger partial charge in [-0.3, -0.25) is 9.59 Å². The molecule has 0 aromatic heterocycles. The molecule has 1 saturated carbocycles. The largest absolute Gasteiger partial charge is 0.342 e. The molecule has 2 amide bonds. The zero-order valence-electron chi connectivity index (χ0n) is 12.4. The Hall–Kier alpha value is -1.84. The lowest BCUT2D eigenvalue weighted by atomic mass is 9.97. The molecule has 2 atom stereocenters. The summed E-state index contributed by atoms with van der Waals surface area (Å²) >= 11 is 0. The summed E-state index contributed by atoms with van der Waals surface area (Å²) in [5.74, 6) is 0.514. The van der Waals surface area contributed by atoms with Gasteiger partial charge in [0.2, 0.25) is 11.8 Å². The monoisotopic (exact) mass is 286 g/mol. The predicted molar refractivity (Wildman–Crippen MR) is 80.5 cm³/mol. The molecule has 1 N–H and O–H groups in total. The van der Waals surface area contributed by atoms with Crippen LogP contribution in [0.15, 0.2) is 30.3 Å². The van der Waals surface area contributed by atoms with Crippen molar-refractivity contribution in [1.82, 2.24) is 10.2 Å². The fourth-order valence-corrected chi connectivity index (χ4v) is 3.50. The summed E-state index contributed by atoms with van der Waals surface area (Å²) < 4.78 is 0. The second kappa shape index (κ2) is 5.88. The third-order valence-electron chi connectivity index (χ3n) is 4.62. The lowest BCUT2D eigenvalue weighted by Gasteiger charge is -2.39. The first-order chi connectivity index (χ1) is 10.2. The third kappa shape index (κ3) is 2.80. The summed E-state index contributed by atoms with van der Waals surface area (Å²) in [7, 11) is 0. The number of carbonyl (C=O) groups excluding carboxylic acids is 2. The van der Waals surface area contributed by atoms with Crippen LogP contribution in [0.5, 0.6) is 0 Å². The highest BCUT2D eigenvalue weighted by atomic mass is 16.2. The smallest absolute Gasteiger partial charge is 0.248 e. The van der Waals surface area contributed by atoms with E-state index in [1.807, 2.05) is 30.3 Å². The van der Waals surface area contributed by atoms with Gasteiger partial charge in [0, 0.05) is 6.54 Å². The Morgan fingerprint density at radius 1 is 1.14 bits per heavy atom. The van der Waals surface area contributed by atoms with E-state index in [1.54, 1.807) is 11.8 Å². The van der Waals surface area contributed by atoms with Crippen LogP contribution in [0.25, 0.3) is 0 Å². The normalized spacial score (nSPS) is 27.0.